The Morgan fingerprint density at radius 1 is 1.50 bits per heavy atom. The molecule has 1 atom stereocenters. The van der Waals surface area contributed by atoms with Crippen molar-refractivity contribution in [3.8, 4) is 0 Å². The molecule has 8 nitrogen and oxygen atoms in total. The molecule has 0 saturated heterocycles. The molecule has 0 aliphatic rings. The maximum absolute atomic E-state index is 11.8. The van der Waals surface area contributed by atoms with Gasteiger partial charge in [0, 0.05) is 18.8 Å². The number of hydrogen-bond acceptors (Lipinski definition) is 4. The summed E-state index contributed by atoms with van der Waals surface area (Å²) in [6, 6.07) is 2.39. The molecule has 0 aliphatic carbocycles. The molecule has 9 heteroatoms. The van der Waals surface area contributed by atoms with Gasteiger partial charge in [-0.1, -0.05) is 0 Å². The summed E-state index contributed by atoms with van der Waals surface area (Å²) in [7, 11) is 1.32. The predicted octanol–water partition coefficient (Wildman–Crippen LogP) is 2.29. The van der Waals surface area contributed by atoms with Crippen molar-refractivity contribution in [3.05, 3.63) is 32.8 Å². The highest BCUT2D eigenvalue weighted by Gasteiger charge is 2.22. The van der Waals surface area contributed by atoms with Gasteiger partial charge in [-0.2, -0.15) is 0 Å². The number of amides is 2. The molecule has 1 rings (SSSR count). The van der Waals surface area contributed by atoms with E-state index in [-0.39, 0.29) is 15.8 Å². The van der Waals surface area contributed by atoms with Crippen LogP contribution in [0.5, 0.6) is 0 Å². The number of halogens is 1. The third-order valence-corrected chi connectivity index (χ3v) is 3.32. The summed E-state index contributed by atoms with van der Waals surface area (Å²) < 4.78 is 0.285. The minimum Gasteiger partial charge on any atom is -0.480 e. The molecule has 20 heavy (non-hydrogen) atoms. The average molecular weight is 346 g/mol. The lowest BCUT2D eigenvalue weighted by Gasteiger charge is -2.21. The Kier molecular flexibility index (Phi) is 5.03. The molecule has 1 unspecified atom stereocenters. The highest BCUT2D eigenvalue weighted by atomic mass is 79.9. The van der Waals surface area contributed by atoms with Crippen molar-refractivity contribution >= 4 is 39.3 Å². The molecule has 2 amide bonds. The van der Waals surface area contributed by atoms with E-state index >= 15 is 0 Å². The highest BCUT2D eigenvalue weighted by molar-refractivity contribution is 9.10. The lowest BCUT2D eigenvalue weighted by atomic mass is 10.3. The number of aliphatic carboxylic acids is 1. The van der Waals surface area contributed by atoms with Crippen LogP contribution in [0.1, 0.15) is 6.92 Å². The molecule has 0 aliphatic heterocycles. The van der Waals surface area contributed by atoms with Crippen LogP contribution in [0.2, 0.25) is 0 Å². The normalized spacial score (nSPS) is 11.6. The number of anilines is 1. The van der Waals surface area contributed by atoms with E-state index in [1.54, 1.807) is 0 Å². The number of benzene rings is 1. The summed E-state index contributed by atoms with van der Waals surface area (Å²) in [4.78, 5) is 33.7. The number of carboxylic acids is 1. The summed E-state index contributed by atoms with van der Waals surface area (Å²) in [6.45, 7) is 1.35. The summed E-state index contributed by atoms with van der Waals surface area (Å²) in [5, 5.41) is 22.0. The topological polar surface area (TPSA) is 113 Å². The van der Waals surface area contributed by atoms with Gasteiger partial charge in [-0.3, -0.25) is 10.1 Å². The van der Waals surface area contributed by atoms with Gasteiger partial charge in [0.2, 0.25) is 0 Å². The fourth-order valence-electron chi connectivity index (χ4n) is 1.28. The summed E-state index contributed by atoms with van der Waals surface area (Å²) in [6.07, 6.45) is 0. The van der Waals surface area contributed by atoms with E-state index in [1.165, 1.54) is 32.2 Å². The van der Waals surface area contributed by atoms with Crippen LogP contribution in [0.25, 0.3) is 0 Å². The van der Waals surface area contributed by atoms with Crippen LogP contribution in [0.3, 0.4) is 0 Å². The Bertz CT molecular complexity index is 563. The molecule has 1 aromatic rings. The largest absolute Gasteiger partial charge is 0.480 e. The van der Waals surface area contributed by atoms with Crippen LogP contribution in [0, 0.1) is 10.1 Å². The molecule has 108 valence electrons. The van der Waals surface area contributed by atoms with Gasteiger partial charge >= 0.3 is 12.0 Å². The first-order valence-electron chi connectivity index (χ1n) is 5.44. The van der Waals surface area contributed by atoms with E-state index in [1.807, 2.05) is 0 Å². The molecular weight excluding hydrogens is 334 g/mol. The summed E-state index contributed by atoms with van der Waals surface area (Å²) in [5.74, 6) is -1.15. The van der Waals surface area contributed by atoms with Crippen LogP contribution in [-0.2, 0) is 4.79 Å². The first kappa shape index (κ1) is 15.9. The molecule has 0 radical (unpaired) electrons. The van der Waals surface area contributed by atoms with Crippen LogP contribution in [0.15, 0.2) is 22.7 Å². The Labute approximate surface area is 122 Å². The molecule has 0 heterocycles. The number of nitrogens with one attached hydrogen (secondary N) is 1. The van der Waals surface area contributed by atoms with E-state index < -0.39 is 23.0 Å². The molecule has 0 spiro atoms. The second kappa shape index (κ2) is 6.33. The van der Waals surface area contributed by atoms with Gasteiger partial charge in [0.1, 0.15) is 6.04 Å². The van der Waals surface area contributed by atoms with Gasteiger partial charge < -0.3 is 15.3 Å². The van der Waals surface area contributed by atoms with E-state index in [2.05, 4.69) is 21.2 Å². The zero-order valence-electron chi connectivity index (χ0n) is 10.7. The fourth-order valence-corrected chi connectivity index (χ4v) is 1.67. The summed E-state index contributed by atoms with van der Waals surface area (Å²) >= 11 is 3.03. The molecule has 2 N–H and O–H groups in total. The number of urea groups is 1. The Hall–Kier alpha value is -2.16. The van der Waals surface area contributed by atoms with Gasteiger partial charge in [0.15, 0.2) is 0 Å². The van der Waals surface area contributed by atoms with Crippen molar-refractivity contribution in [1.82, 2.24) is 4.90 Å². The third-order valence-electron chi connectivity index (χ3n) is 2.65. The smallest absolute Gasteiger partial charge is 0.326 e. The van der Waals surface area contributed by atoms with Crippen molar-refractivity contribution in [1.29, 1.82) is 0 Å². The van der Waals surface area contributed by atoms with Gasteiger partial charge in [-0.25, -0.2) is 9.59 Å². The zero-order valence-corrected chi connectivity index (χ0v) is 12.2. The number of carbonyl (C=O) groups is 2. The van der Waals surface area contributed by atoms with E-state index in [4.69, 9.17) is 5.11 Å². The van der Waals surface area contributed by atoms with Crippen molar-refractivity contribution in [3.63, 3.8) is 0 Å². The van der Waals surface area contributed by atoms with Gasteiger partial charge in [-0.05, 0) is 35.0 Å². The van der Waals surface area contributed by atoms with Crippen LogP contribution < -0.4 is 5.32 Å². The van der Waals surface area contributed by atoms with Crippen LogP contribution >= 0.6 is 15.9 Å². The Balaban J connectivity index is 2.89. The monoisotopic (exact) mass is 345 g/mol. The lowest BCUT2D eigenvalue weighted by molar-refractivity contribution is -0.385. The van der Waals surface area contributed by atoms with Gasteiger partial charge in [0.25, 0.3) is 5.69 Å². The number of likely N-dealkylation sites (N-methyl/N-ethyl adjacent to an activating group) is 1. The molecule has 0 fully saturated rings. The van der Waals surface area contributed by atoms with Crippen molar-refractivity contribution < 1.29 is 19.6 Å². The molecule has 1 aromatic carbocycles. The minimum atomic E-state index is -1.15. The van der Waals surface area contributed by atoms with E-state index in [0.29, 0.717) is 0 Å². The SMILES string of the molecule is CC(C(=O)O)N(C)C(=O)Nc1ccc(Br)c([N+](=O)[O-])c1. The van der Waals surface area contributed by atoms with Gasteiger partial charge in [0.05, 0.1) is 9.40 Å². The van der Waals surface area contributed by atoms with E-state index in [9.17, 15) is 19.7 Å². The quantitative estimate of drug-likeness (QED) is 0.642. The van der Waals surface area contributed by atoms with Crippen LogP contribution in [-0.4, -0.2) is 40.0 Å². The molecule has 0 aromatic heterocycles. The maximum atomic E-state index is 11.8. The number of rotatable bonds is 4. The third kappa shape index (κ3) is 3.67. The number of carbonyl (C=O) groups excluding carboxylic acids is 1. The predicted molar refractivity (Wildman–Crippen MR) is 74.7 cm³/mol. The number of hydrogen-bond donors (Lipinski definition) is 2. The fraction of sp³-hybridized carbons (Fsp3) is 0.273. The second-order valence-electron chi connectivity index (χ2n) is 3.98. The van der Waals surface area contributed by atoms with E-state index in [0.717, 1.165) is 4.90 Å². The first-order valence-corrected chi connectivity index (χ1v) is 6.24. The molecule has 0 bridgehead atoms. The Morgan fingerprint density at radius 3 is 2.60 bits per heavy atom. The van der Waals surface area contributed by atoms with Crippen molar-refractivity contribution in [2.75, 3.05) is 12.4 Å². The number of nitrogens with zero attached hydrogens (tertiary/aromatic N) is 2. The number of nitro benzene ring substituents is 1. The molecule has 0 saturated carbocycles. The standard InChI is InChI=1S/C11H12BrN3O5/c1-6(10(16)17)14(2)11(18)13-7-3-4-8(12)9(5-7)15(19)20/h3-6H,1-2H3,(H,13,18)(H,16,17). The first-order chi connectivity index (χ1) is 9.23. The minimum absolute atomic E-state index is 0.197. The zero-order chi connectivity index (χ0) is 15.4. The number of carboxylic acid groups (broad SMARTS) is 1. The van der Waals surface area contributed by atoms with Crippen molar-refractivity contribution in [2.24, 2.45) is 0 Å². The second-order valence-corrected chi connectivity index (χ2v) is 4.83. The highest BCUT2D eigenvalue weighted by Crippen LogP contribution is 2.27. The van der Waals surface area contributed by atoms with Crippen molar-refractivity contribution in [2.45, 2.75) is 13.0 Å². The lowest BCUT2D eigenvalue weighted by Crippen LogP contribution is -2.42. The summed E-state index contributed by atoms with van der Waals surface area (Å²) in [5.41, 5.74) is 0.00562. The number of nitro groups is 1. The maximum Gasteiger partial charge on any atom is 0.326 e. The average Bonchev–Trinajstić information content (AvgIpc) is 2.38. The van der Waals surface area contributed by atoms with Crippen LogP contribution in [0.4, 0.5) is 16.2 Å². The Morgan fingerprint density at radius 2 is 2.10 bits per heavy atom. The molecular formula is C11H12BrN3O5. The van der Waals surface area contributed by atoms with Gasteiger partial charge in [-0.15, -0.1) is 0 Å².